The minimum Gasteiger partial charge on any atom is -0.325 e. The van der Waals surface area contributed by atoms with Crippen LogP contribution in [0, 0.1) is 6.92 Å². The highest BCUT2D eigenvalue weighted by atomic mass is 35.5. The zero-order chi connectivity index (χ0) is 22.8. The Morgan fingerprint density at radius 1 is 1.06 bits per heavy atom. The van der Waals surface area contributed by atoms with Gasteiger partial charge in [0.1, 0.15) is 6.54 Å². The largest absolute Gasteiger partial charge is 0.325 e. The summed E-state index contributed by atoms with van der Waals surface area (Å²) < 4.78 is 52.2. The molecule has 2 aromatic rings. The molecule has 0 unspecified atom stereocenters. The van der Waals surface area contributed by atoms with E-state index in [1.165, 1.54) is 34.6 Å². The topological polar surface area (TPSA) is 104 Å². The number of anilines is 2. The highest BCUT2D eigenvalue weighted by Gasteiger charge is 2.27. The van der Waals surface area contributed by atoms with Crippen LogP contribution in [0.15, 0.2) is 47.4 Å². The first-order valence-electron chi connectivity index (χ1n) is 9.62. The molecule has 0 spiro atoms. The first-order chi connectivity index (χ1) is 14.5. The number of hydrogen-bond donors (Lipinski definition) is 1. The van der Waals surface area contributed by atoms with Crippen LogP contribution in [0.2, 0.25) is 5.02 Å². The van der Waals surface area contributed by atoms with E-state index in [1.54, 1.807) is 19.1 Å². The molecule has 1 aliphatic heterocycles. The van der Waals surface area contributed by atoms with Gasteiger partial charge in [-0.05, 0) is 61.7 Å². The first-order valence-corrected chi connectivity index (χ1v) is 13.3. The SMILES string of the molecule is Cc1ccc(Cl)cc1N(CC(=O)Nc1ccc(S(=O)(=O)N2CCCC2)cc1)S(C)(=O)=O. The standard InChI is InChI=1S/C20H24ClN3O5S2/c1-15-5-6-16(21)13-19(15)24(30(2,26)27)14-20(25)22-17-7-9-18(10-8-17)31(28,29)23-11-3-4-12-23/h5-10,13H,3-4,11-12,14H2,1-2H3,(H,22,25). The van der Waals surface area contributed by atoms with Gasteiger partial charge in [-0.3, -0.25) is 9.10 Å². The lowest BCUT2D eigenvalue weighted by Crippen LogP contribution is -2.37. The molecule has 2 aromatic carbocycles. The van der Waals surface area contributed by atoms with E-state index in [1.807, 2.05) is 0 Å². The van der Waals surface area contributed by atoms with Gasteiger partial charge in [-0.2, -0.15) is 4.31 Å². The average molecular weight is 486 g/mol. The van der Waals surface area contributed by atoms with Crippen molar-refractivity contribution in [1.82, 2.24) is 4.31 Å². The van der Waals surface area contributed by atoms with Gasteiger partial charge in [0.25, 0.3) is 0 Å². The molecule has 0 aromatic heterocycles. The third-order valence-electron chi connectivity index (χ3n) is 4.97. The van der Waals surface area contributed by atoms with Crippen LogP contribution < -0.4 is 9.62 Å². The number of benzene rings is 2. The Kier molecular flexibility index (Phi) is 6.95. The summed E-state index contributed by atoms with van der Waals surface area (Å²) in [5, 5.41) is 2.96. The van der Waals surface area contributed by atoms with Gasteiger partial charge in [0, 0.05) is 23.8 Å². The molecular weight excluding hydrogens is 462 g/mol. The summed E-state index contributed by atoms with van der Waals surface area (Å²) in [6.07, 6.45) is 2.70. The van der Waals surface area contributed by atoms with Crippen molar-refractivity contribution in [3.63, 3.8) is 0 Å². The minimum absolute atomic E-state index is 0.153. The second kappa shape index (κ2) is 9.15. The normalized spacial score (nSPS) is 15.1. The number of carbonyl (C=O) groups excluding carboxylic acids is 1. The predicted molar refractivity (Wildman–Crippen MR) is 121 cm³/mol. The van der Waals surface area contributed by atoms with E-state index in [-0.39, 0.29) is 4.90 Å². The molecule has 1 saturated heterocycles. The van der Waals surface area contributed by atoms with E-state index >= 15 is 0 Å². The number of hydrogen-bond acceptors (Lipinski definition) is 5. The number of nitrogens with zero attached hydrogens (tertiary/aromatic N) is 2. The molecule has 8 nitrogen and oxygen atoms in total. The van der Waals surface area contributed by atoms with Crippen LogP contribution in [0.3, 0.4) is 0 Å². The van der Waals surface area contributed by atoms with Gasteiger partial charge in [-0.15, -0.1) is 0 Å². The van der Waals surface area contributed by atoms with Gasteiger partial charge in [0.2, 0.25) is 26.0 Å². The van der Waals surface area contributed by atoms with Crippen LogP contribution >= 0.6 is 11.6 Å². The Bertz CT molecular complexity index is 1180. The average Bonchev–Trinajstić information content (AvgIpc) is 3.23. The van der Waals surface area contributed by atoms with Gasteiger partial charge in [0.15, 0.2) is 0 Å². The molecule has 3 rings (SSSR count). The fourth-order valence-electron chi connectivity index (χ4n) is 3.35. The van der Waals surface area contributed by atoms with Crippen molar-refractivity contribution in [3.8, 4) is 0 Å². The van der Waals surface area contributed by atoms with Crippen molar-refractivity contribution in [2.75, 3.05) is 35.5 Å². The second-order valence-electron chi connectivity index (χ2n) is 7.38. The molecule has 0 aliphatic carbocycles. The summed E-state index contributed by atoms with van der Waals surface area (Å²) in [4.78, 5) is 12.7. The number of amides is 1. The van der Waals surface area contributed by atoms with Crippen molar-refractivity contribution < 1.29 is 21.6 Å². The van der Waals surface area contributed by atoms with Gasteiger partial charge in [0.05, 0.1) is 16.8 Å². The molecule has 0 atom stereocenters. The molecule has 11 heteroatoms. The van der Waals surface area contributed by atoms with E-state index in [2.05, 4.69) is 5.32 Å². The van der Waals surface area contributed by atoms with E-state index in [0.717, 1.165) is 23.4 Å². The molecule has 0 saturated carbocycles. The van der Waals surface area contributed by atoms with E-state index in [4.69, 9.17) is 11.6 Å². The number of aryl methyl sites for hydroxylation is 1. The van der Waals surface area contributed by atoms with E-state index in [9.17, 15) is 21.6 Å². The Hall–Kier alpha value is -2.14. The maximum Gasteiger partial charge on any atom is 0.245 e. The number of halogens is 1. The summed E-state index contributed by atoms with van der Waals surface area (Å²) in [7, 11) is -7.30. The number of nitrogens with one attached hydrogen (secondary N) is 1. The molecule has 31 heavy (non-hydrogen) atoms. The lowest BCUT2D eigenvalue weighted by atomic mass is 10.2. The van der Waals surface area contributed by atoms with Crippen LogP contribution in [-0.2, 0) is 24.8 Å². The van der Waals surface area contributed by atoms with Crippen LogP contribution in [0.4, 0.5) is 11.4 Å². The predicted octanol–water partition coefficient (Wildman–Crippen LogP) is 2.84. The van der Waals surface area contributed by atoms with Crippen LogP contribution in [0.5, 0.6) is 0 Å². The molecule has 1 fully saturated rings. The van der Waals surface area contributed by atoms with Crippen molar-refractivity contribution >= 4 is 48.9 Å². The summed E-state index contributed by atoms with van der Waals surface area (Å²) in [5.41, 5.74) is 1.33. The summed E-state index contributed by atoms with van der Waals surface area (Å²) >= 11 is 6.00. The van der Waals surface area contributed by atoms with Crippen molar-refractivity contribution in [2.24, 2.45) is 0 Å². The number of carbonyl (C=O) groups is 1. The minimum atomic E-state index is -3.75. The van der Waals surface area contributed by atoms with Crippen LogP contribution in [0.1, 0.15) is 18.4 Å². The Morgan fingerprint density at radius 2 is 1.68 bits per heavy atom. The first kappa shape index (κ1) is 23.5. The molecular formula is C20H24ClN3O5S2. The number of rotatable bonds is 7. The molecule has 1 aliphatic rings. The third-order valence-corrected chi connectivity index (χ3v) is 8.24. The Morgan fingerprint density at radius 3 is 2.26 bits per heavy atom. The zero-order valence-electron chi connectivity index (χ0n) is 17.2. The van der Waals surface area contributed by atoms with Crippen molar-refractivity contribution in [3.05, 3.63) is 53.1 Å². The lowest BCUT2D eigenvalue weighted by Gasteiger charge is -2.24. The molecule has 0 radical (unpaired) electrons. The Labute approximate surface area is 187 Å². The quantitative estimate of drug-likeness (QED) is 0.649. The molecule has 1 heterocycles. The van der Waals surface area contributed by atoms with Gasteiger partial charge >= 0.3 is 0 Å². The molecule has 168 valence electrons. The smallest absolute Gasteiger partial charge is 0.245 e. The maximum atomic E-state index is 12.6. The summed E-state index contributed by atoms with van der Waals surface area (Å²) in [6.45, 7) is 2.28. The van der Waals surface area contributed by atoms with Gasteiger partial charge in [-0.1, -0.05) is 17.7 Å². The fourth-order valence-corrected chi connectivity index (χ4v) is 5.94. The monoisotopic (exact) mass is 485 g/mol. The molecule has 1 amide bonds. The maximum absolute atomic E-state index is 12.6. The lowest BCUT2D eigenvalue weighted by molar-refractivity contribution is -0.114. The summed E-state index contributed by atoms with van der Waals surface area (Å²) in [6, 6.07) is 10.6. The third kappa shape index (κ3) is 5.57. The van der Waals surface area contributed by atoms with E-state index < -0.39 is 32.5 Å². The van der Waals surface area contributed by atoms with Crippen LogP contribution in [-0.4, -0.2) is 52.9 Å². The molecule has 0 bridgehead atoms. The van der Waals surface area contributed by atoms with Crippen LogP contribution in [0.25, 0.3) is 0 Å². The fraction of sp³-hybridized carbons (Fsp3) is 0.350. The zero-order valence-corrected chi connectivity index (χ0v) is 19.6. The Balaban J connectivity index is 1.75. The second-order valence-corrected chi connectivity index (χ2v) is 11.7. The van der Waals surface area contributed by atoms with E-state index in [0.29, 0.717) is 35.1 Å². The molecule has 1 N–H and O–H groups in total. The summed E-state index contributed by atoms with van der Waals surface area (Å²) in [5.74, 6) is -0.569. The highest BCUT2D eigenvalue weighted by Crippen LogP contribution is 2.26. The number of sulfonamides is 2. The van der Waals surface area contributed by atoms with Crippen molar-refractivity contribution in [2.45, 2.75) is 24.7 Å². The highest BCUT2D eigenvalue weighted by molar-refractivity contribution is 7.92. The van der Waals surface area contributed by atoms with Crippen molar-refractivity contribution in [1.29, 1.82) is 0 Å². The van der Waals surface area contributed by atoms with Gasteiger partial charge < -0.3 is 5.32 Å². The van der Waals surface area contributed by atoms with Gasteiger partial charge in [-0.25, -0.2) is 16.8 Å².